The molecule has 0 aliphatic heterocycles. The Morgan fingerprint density at radius 2 is 2.42 bits per heavy atom. The molecule has 1 saturated carbocycles. The maximum absolute atomic E-state index is 10.5. The Balaban J connectivity index is 1.68. The summed E-state index contributed by atoms with van der Waals surface area (Å²) < 4.78 is 5.59. The number of ether oxygens (including phenoxy) is 1. The summed E-state index contributed by atoms with van der Waals surface area (Å²) in [5.41, 5.74) is 0.855. The zero-order valence-electron chi connectivity index (χ0n) is 11.2. The van der Waals surface area contributed by atoms with Crippen LogP contribution in [0.15, 0.2) is 5.38 Å². The van der Waals surface area contributed by atoms with Gasteiger partial charge < -0.3 is 14.7 Å². The molecule has 0 atom stereocenters. The highest BCUT2D eigenvalue weighted by Crippen LogP contribution is 2.28. The SMILES string of the molecule is CN(CCOCC1CC1)c1nc(CCC(=O)O)cs1. The van der Waals surface area contributed by atoms with Gasteiger partial charge in [0.1, 0.15) is 0 Å². The van der Waals surface area contributed by atoms with Crippen LogP contribution in [0, 0.1) is 5.92 Å². The number of aryl methyl sites for hydroxylation is 1. The number of hydrogen-bond donors (Lipinski definition) is 1. The smallest absolute Gasteiger partial charge is 0.303 e. The van der Waals surface area contributed by atoms with E-state index in [1.807, 2.05) is 12.4 Å². The summed E-state index contributed by atoms with van der Waals surface area (Å²) in [6.07, 6.45) is 3.26. The number of rotatable bonds is 9. The van der Waals surface area contributed by atoms with Gasteiger partial charge in [-0.1, -0.05) is 0 Å². The number of carbonyl (C=O) groups is 1. The number of anilines is 1. The van der Waals surface area contributed by atoms with Gasteiger partial charge in [0.15, 0.2) is 5.13 Å². The van der Waals surface area contributed by atoms with Crippen LogP contribution in [0.3, 0.4) is 0 Å². The molecular formula is C13H20N2O3S. The largest absolute Gasteiger partial charge is 0.481 e. The van der Waals surface area contributed by atoms with Crippen molar-refractivity contribution in [3.05, 3.63) is 11.1 Å². The predicted molar refractivity (Wildman–Crippen MR) is 74.9 cm³/mol. The van der Waals surface area contributed by atoms with E-state index in [1.165, 1.54) is 12.8 Å². The van der Waals surface area contributed by atoms with Gasteiger partial charge in [0.25, 0.3) is 0 Å². The minimum Gasteiger partial charge on any atom is -0.481 e. The molecule has 0 unspecified atom stereocenters. The number of carboxylic acids is 1. The highest BCUT2D eigenvalue weighted by Gasteiger charge is 2.21. The minimum absolute atomic E-state index is 0.136. The third-order valence-corrected chi connectivity index (χ3v) is 4.09. The van der Waals surface area contributed by atoms with Crippen LogP contribution < -0.4 is 4.90 Å². The molecule has 0 aromatic carbocycles. The summed E-state index contributed by atoms with van der Waals surface area (Å²) in [5, 5.41) is 11.5. The lowest BCUT2D eigenvalue weighted by molar-refractivity contribution is -0.136. The molecule has 1 aliphatic carbocycles. The third kappa shape index (κ3) is 5.16. The predicted octanol–water partition coefficient (Wildman–Crippen LogP) is 2.02. The van der Waals surface area contributed by atoms with Crippen molar-refractivity contribution in [2.75, 3.05) is 31.7 Å². The summed E-state index contributed by atoms with van der Waals surface area (Å²) in [6, 6.07) is 0. The highest BCUT2D eigenvalue weighted by atomic mass is 32.1. The average Bonchev–Trinajstić information content (AvgIpc) is 3.07. The molecule has 1 aliphatic rings. The second-order valence-corrected chi connectivity index (χ2v) is 5.79. The molecule has 2 rings (SSSR count). The Bertz CT molecular complexity index is 418. The fraction of sp³-hybridized carbons (Fsp3) is 0.692. The van der Waals surface area contributed by atoms with E-state index < -0.39 is 5.97 Å². The zero-order chi connectivity index (χ0) is 13.7. The molecule has 1 heterocycles. The fourth-order valence-electron chi connectivity index (χ4n) is 1.65. The van der Waals surface area contributed by atoms with E-state index in [0.717, 1.165) is 36.5 Å². The first-order valence-electron chi connectivity index (χ1n) is 6.60. The van der Waals surface area contributed by atoms with Gasteiger partial charge in [-0.05, 0) is 18.8 Å². The number of thiazole rings is 1. The van der Waals surface area contributed by atoms with Crippen LogP contribution in [-0.4, -0.2) is 42.9 Å². The number of carboxylic acid groups (broad SMARTS) is 1. The van der Waals surface area contributed by atoms with E-state index in [4.69, 9.17) is 9.84 Å². The average molecular weight is 284 g/mol. The lowest BCUT2D eigenvalue weighted by Crippen LogP contribution is -2.22. The number of likely N-dealkylation sites (N-methyl/N-ethyl adjacent to an activating group) is 1. The Hall–Kier alpha value is -1.14. The minimum atomic E-state index is -0.781. The van der Waals surface area contributed by atoms with Gasteiger partial charge in [0, 0.05) is 32.0 Å². The third-order valence-electron chi connectivity index (χ3n) is 3.08. The first kappa shape index (κ1) is 14.3. The van der Waals surface area contributed by atoms with Crippen molar-refractivity contribution < 1.29 is 14.6 Å². The fourth-order valence-corrected chi connectivity index (χ4v) is 2.51. The van der Waals surface area contributed by atoms with E-state index in [9.17, 15) is 4.79 Å². The summed E-state index contributed by atoms with van der Waals surface area (Å²) >= 11 is 1.55. The van der Waals surface area contributed by atoms with E-state index in [0.29, 0.717) is 6.42 Å². The molecule has 0 saturated heterocycles. The quantitative estimate of drug-likeness (QED) is 0.703. The van der Waals surface area contributed by atoms with Crippen molar-refractivity contribution >= 4 is 22.4 Å². The molecule has 106 valence electrons. The van der Waals surface area contributed by atoms with E-state index >= 15 is 0 Å². The van der Waals surface area contributed by atoms with Gasteiger partial charge in [0.2, 0.25) is 0 Å². The molecule has 0 spiro atoms. The molecule has 19 heavy (non-hydrogen) atoms. The van der Waals surface area contributed by atoms with E-state index in [-0.39, 0.29) is 6.42 Å². The van der Waals surface area contributed by atoms with E-state index in [2.05, 4.69) is 9.88 Å². The standard InChI is InChI=1S/C13H20N2O3S/c1-15(6-7-18-8-10-2-3-10)13-14-11(9-19-13)4-5-12(16)17/h9-10H,2-8H2,1H3,(H,16,17). The number of nitrogens with zero attached hydrogens (tertiary/aromatic N) is 2. The van der Waals surface area contributed by atoms with Gasteiger partial charge >= 0.3 is 5.97 Å². The molecule has 6 heteroatoms. The molecule has 0 amide bonds. The zero-order valence-corrected chi connectivity index (χ0v) is 12.0. The Morgan fingerprint density at radius 3 is 3.11 bits per heavy atom. The van der Waals surface area contributed by atoms with Crippen LogP contribution in [0.5, 0.6) is 0 Å². The Labute approximate surface area is 117 Å². The van der Waals surface area contributed by atoms with Gasteiger partial charge in [-0.25, -0.2) is 4.98 Å². The lowest BCUT2D eigenvalue weighted by Gasteiger charge is -2.15. The van der Waals surface area contributed by atoms with Gasteiger partial charge in [0.05, 0.1) is 18.7 Å². The molecule has 1 fully saturated rings. The molecule has 1 aromatic rings. The van der Waals surface area contributed by atoms with Gasteiger partial charge in [-0.2, -0.15) is 0 Å². The highest BCUT2D eigenvalue weighted by molar-refractivity contribution is 7.13. The molecule has 5 nitrogen and oxygen atoms in total. The van der Waals surface area contributed by atoms with Crippen LogP contribution in [0.2, 0.25) is 0 Å². The van der Waals surface area contributed by atoms with Crippen LogP contribution in [0.1, 0.15) is 25.0 Å². The number of aromatic nitrogens is 1. The summed E-state index contributed by atoms with van der Waals surface area (Å²) in [6.45, 7) is 2.42. The Morgan fingerprint density at radius 1 is 1.63 bits per heavy atom. The molecular weight excluding hydrogens is 264 g/mol. The first-order chi connectivity index (χ1) is 9.15. The topological polar surface area (TPSA) is 62.7 Å². The second kappa shape index (κ2) is 6.86. The van der Waals surface area contributed by atoms with Crippen molar-refractivity contribution in [2.24, 2.45) is 5.92 Å². The lowest BCUT2D eigenvalue weighted by atomic mass is 10.2. The normalized spacial score (nSPS) is 14.6. The van der Waals surface area contributed by atoms with Gasteiger partial charge in [-0.3, -0.25) is 4.79 Å². The van der Waals surface area contributed by atoms with Crippen LogP contribution in [-0.2, 0) is 16.0 Å². The maximum Gasteiger partial charge on any atom is 0.303 e. The van der Waals surface area contributed by atoms with Crippen molar-refractivity contribution in [3.63, 3.8) is 0 Å². The van der Waals surface area contributed by atoms with Crippen LogP contribution in [0.25, 0.3) is 0 Å². The molecule has 1 N–H and O–H groups in total. The summed E-state index contributed by atoms with van der Waals surface area (Å²) in [5.74, 6) is 0.0178. The van der Waals surface area contributed by atoms with Gasteiger partial charge in [-0.15, -0.1) is 11.3 Å². The monoisotopic (exact) mass is 284 g/mol. The molecule has 0 radical (unpaired) electrons. The van der Waals surface area contributed by atoms with Crippen molar-refractivity contribution in [1.29, 1.82) is 0 Å². The first-order valence-corrected chi connectivity index (χ1v) is 7.48. The van der Waals surface area contributed by atoms with Crippen LogP contribution in [0.4, 0.5) is 5.13 Å². The molecule has 1 aromatic heterocycles. The summed E-state index contributed by atoms with van der Waals surface area (Å²) in [7, 11) is 1.99. The second-order valence-electron chi connectivity index (χ2n) is 4.96. The molecule has 0 bridgehead atoms. The number of hydrogen-bond acceptors (Lipinski definition) is 5. The van der Waals surface area contributed by atoms with Crippen LogP contribution >= 0.6 is 11.3 Å². The van der Waals surface area contributed by atoms with E-state index in [1.54, 1.807) is 11.3 Å². The maximum atomic E-state index is 10.5. The van der Waals surface area contributed by atoms with Crippen molar-refractivity contribution in [2.45, 2.75) is 25.7 Å². The number of aliphatic carboxylic acids is 1. The van der Waals surface area contributed by atoms with Crippen molar-refractivity contribution in [1.82, 2.24) is 4.98 Å². The van der Waals surface area contributed by atoms with Crippen molar-refractivity contribution in [3.8, 4) is 0 Å². The Kier molecular flexibility index (Phi) is 5.15. The summed E-state index contributed by atoms with van der Waals surface area (Å²) in [4.78, 5) is 17.0.